The minimum absolute atomic E-state index is 0.0345. The molecule has 0 bridgehead atoms. The van der Waals surface area contributed by atoms with Crippen molar-refractivity contribution in [2.75, 3.05) is 11.1 Å². The summed E-state index contributed by atoms with van der Waals surface area (Å²) in [6, 6.07) is 13.0. The van der Waals surface area contributed by atoms with Crippen LogP contribution in [-0.2, 0) is 4.79 Å². The van der Waals surface area contributed by atoms with Gasteiger partial charge in [0.2, 0.25) is 5.91 Å². The van der Waals surface area contributed by atoms with Gasteiger partial charge in [-0.15, -0.1) is 0 Å². The van der Waals surface area contributed by atoms with Crippen LogP contribution in [0.25, 0.3) is 10.9 Å². The molecule has 0 aliphatic heterocycles. The number of thioether (sulfide) groups is 1. The zero-order chi connectivity index (χ0) is 21.0. The number of aromatic nitrogens is 2. The highest BCUT2D eigenvalue weighted by atomic mass is 32.2. The molecule has 0 fully saturated rings. The number of carbonyl (C=O) groups excluding carboxylic acids is 1. The number of amides is 1. The van der Waals surface area contributed by atoms with Crippen LogP contribution in [0.1, 0.15) is 26.3 Å². The summed E-state index contributed by atoms with van der Waals surface area (Å²) in [5, 5.41) is 14.6. The van der Waals surface area contributed by atoms with Crippen molar-refractivity contribution in [3.05, 3.63) is 69.0 Å². The Balaban J connectivity index is 1.86. The van der Waals surface area contributed by atoms with E-state index in [1.807, 2.05) is 13.8 Å². The van der Waals surface area contributed by atoms with Crippen molar-refractivity contribution < 1.29 is 9.72 Å². The summed E-state index contributed by atoms with van der Waals surface area (Å²) < 4.78 is 1.60. The number of nitro groups is 1. The summed E-state index contributed by atoms with van der Waals surface area (Å²) in [4.78, 5) is 40.4. The molecule has 0 spiro atoms. The molecule has 8 nitrogen and oxygen atoms in total. The number of benzene rings is 2. The minimum Gasteiger partial charge on any atom is -0.320 e. The molecule has 1 aromatic heterocycles. The SMILES string of the molecule is CC[C@@H](C)n1c(SCC(=O)Nc2ccccc2[N+](=O)[O-])nc2ccccc2c1=O. The van der Waals surface area contributed by atoms with Gasteiger partial charge in [0.05, 0.1) is 21.6 Å². The summed E-state index contributed by atoms with van der Waals surface area (Å²) in [6.45, 7) is 3.90. The monoisotopic (exact) mass is 412 g/mol. The number of para-hydroxylation sites is 3. The second-order valence-corrected chi connectivity index (χ2v) is 7.40. The molecule has 9 heteroatoms. The van der Waals surface area contributed by atoms with Crippen LogP contribution in [0, 0.1) is 10.1 Å². The molecule has 0 aliphatic rings. The number of nitro benzene ring substituents is 1. The Morgan fingerprint density at radius 1 is 1.24 bits per heavy atom. The van der Waals surface area contributed by atoms with Crippen molar-refractivity contribution in [3.8, 4) is 0 Å². The molecule has 3 rings (SSSR count). The fourth-order valence-electron chi connectivity index (χ4n) is 2.85. The predicted octanol–water partition coefficient (Wildman–Crippen LogP) is 4.01. The molecule has 1 N–H and O–H groups in total. The summed E-state index contributed by atoms with van der Waals surface area (Å²) in [7, 11) is 0. The fraction of sp³-hybridized carbons (Fsp3) is 0.250. The minimum atomic E-state index is -0.547. The lowest BCUT2D eigenvalue weighted by Crippen LogP contribution is -2.26. The number of nitrogens with zero attached hydrogens (tertiary/aromatic N) is 3. The van der Waals surface area contributed by atoms with E-state index in [9.17, 15) is 19.7 Å². The third-order valence-electron chi connectivity index (χ3n) is 4.51. The van der Waals surface area contributed by atoms with Crippen molar-refractivity contribution in [2.24, 2.45) is 0 Å². The molecule has 29 heavy (non-hydrogen) atoms. The molecule has 3 aromatic rings. The molecule has 0 saturated heterocycles. The van der Waals surface area contributed by atoms with Crippen LogP contribution >= 0.6 is 11.8 Å². The Hall–Kier alpha value is -3.20. The van der Waals surface area contributed by atoms with E-state index in [0.717, 1.165) is 18.2 Å². The van der Waals surface area contributed by atoms with Gasteiger partial charge in [0.1, 0.15) is 5.69 Å². The molecule has 0 aliphatic carbocycles. The Morgan fingerprint density at radius 2 is 1.93 bits per heavy atom. The van der Waals surface area contributed by atoms with E-state index in [1.165, 1.54) is 18.2 Å². The van der Waals surface area contributed by atoms with Crippen LogP contribution in [-0.4, -0.2) is 26.1 Å². The number of anilines is 1. The lowest BCUT2D eigenvalue weighted by Gasteiger charge is -2.18. The first-order valence-corrected chi connectivity index (χ1v) is 10.1. The maximum absolute atomic E-state index is 12.9. The quantitative estimate of drug-likeness (QED) is 0.272. The average Bonchev–Trinajstić information content (AvgIpc) is 2.72. The summed E-state index contributed by atoms with van der Waals surface area (Å²) >= 11 is 1.13. The number of hydrogen-bond acceptors (Lipinski definition) is 6. The molecule has 0 radical (unpaired) electrons. The molecular formula is C20H20N4O4S. The van der Waals surface area contributed by atoms with E-state index in [2.05, 4.69) is 10.3 Å². The molecule has 1 heterocycles. The second-order valence-electron chi connectivity index (χ2n) is 6.46. The highest BCUT2D eigenvalue weighted by Crippen LogP contribution is 2.25. The average molecular weight is 412 g/mol. The van der Waals surface area contributed by atoms with Gasteiger partial charge in [-0.1, -0.05) is 43.0 Å². The van der Waals surface area contributed by atoms with E-state index in [4.69, 9.17) is 0 Å². The highest BCUT2D eigenvalue weighted by Gasteiger charge is 2.18. The normalized spacial score (nSPS) is 11.9. The topological polar surface area (TPSA) is 107 Å². The molecule has 150 valence electrons. The zero-order valence-corrected chi connectivity index (χ0v) is 16.8. The largest absolute Gasteiger partial charge is 0.320 e. The number of nitrogens with one attached hydrogen (secondary N) is 1. The van der Waals surface area contributed by atoms with Gasteiger partial charge in [-0.3, -0.25) is 24.3 Å². The van der Waals surface area contributed by atoms with Gasteiger partial charge in [0.15, 0.2) is 5.16 Å². The van der Waals surface area contributed by atoms with E-state index in [-0.39, 0.29) is 28.7 Å². The fourth-order valence-corrected chi connectivity index (χ4v) is 3.75. The molecule has 2 aromatic carbocycles. The smallest absolute Gasteiger partial charge is 0.292 e. The molecule has 1 atom stereocenters. The van der Waals surface area contributed by atoms with Crippen LogP contribution in [0.5, 0.6) is 0 Å². The van der Waals surface area contributed by atoms with Crippen molar-refractivity contribution in [2.45, 2.75) is 31.5 Å². The van der Waals surface area contributed by atoms with E-state index >= 15 is 0 Å². The summed E-state index contributed by atoms with van der Waals surface area (Å²) in [5.74, 6) is -0.449. The highest BCUT2D eigenvalue weighted by molar-refractivity contribution is 7.99. The van der Waals surface area contributed by atoms with Gasteiger partial charge in [-0.05, 0) is 31.5 Å². The van der Waals surface area contributed by atoms with Gasteiger partial charge >= 0.3 is 0 Å². The Bertz CT molecular complexity index is 1130. The lowest BCUT2D eigenvalue weighted by molar-refractivity contribution is -0.383. The Labute approximate surface area is 171 Å². The van der Waals surface area contributed by atoms with Crippen LogP contribution < -0.4 is 10.9 Å². The van der Waals surface area contributed by atoms with Crippen LogP contribution in [0.4, 0.5) is 11.4 Å². The van der Waals surface area contributed by atoms with Crippen molar-refractivity contribution in [1.82, 2.24) is 9.55 Å². The Morgan fingerprint density at radius 3 is 2.66 bits per heavy atom. The van der Waals surface area contributed by atoms with E-state index in [1.54, 1.807) is 34.9 Å². The first-order valence-electron chi connectivity index (χ1n) is 9.09. The van der Waals surface area contributed by atoms with Crippen LogP contribution in [0.15, 0.2) is 58.5 Å². The molecule has 1 amide bonds. The van der Waals surface area contributed by atoms with E-state index < -0.39 is 10.8 Å². The van der Waals surface area contributed by atoms with Crippen LogP contribution in [0.3, 0.4) is 0 Å². The first kappa shape index (κ1) is 20.5. The van der Waals surface area contributed by atoms with Crippen molar-refractivity contribution in [3.63, 3.8) is 0 Å². The summed E-state index contributed by atoms with van der Waals surface area (Å²) in [5.41, 5.74) is 0.380. The first-order chi connectivity index (χ1) is 13.9. The zero-order valence-electron chi connectivity index (χ0n) is 16.0. The van der Waals surface area contributed by atoms with Gasteiger partial charge in [0.25, 0.3) is 11.2 Å². The standard InChI is InChI=1S/C20H20N4O4S/c1-3-13(2)23-19(26)14-8-4-5-9-15(14)22-20(23)29-12-18(25)21-16-10-6-7-11-17(16)24(27)28/h4-11,13H,3,12H2,1-2H3,(H,21,25)/t13-/m1/s1. The maximum Gasteiger partial charge on any atom is 0.292 e. The van der Waals surface area contributed by atoms with Gasteiger partial charge in [-0.2, -0.15) is 0 Å². The number of carbonyl (C=O) groups is 1. The second kappa shape index (κ2) is 8.87. The summed E-state index contributed by atoms with van der Waals surface area (Å²) in [6.07, 6.45) is 0.732. The van der Waals surface area contributed by atoms with Gasteiger partial charge in [-0.25, -0.2) is 4.98 Å². The van der Waals surface area contributed by atoms with Crippen LogP contribution in [0.2, 0.25) is 0 Å². The third-order valence-corrected chi connectivity index (χ3v) is 5.47. The lowest BCUT2D eigenvalue weighted by atomic mass is 10.2. The van der Waals surface area contributed by atoms with Gasteiger partial charge in [0, 0.05) is 12.1 Å². The van der Waals surface area contributed by atoms with Crippen molar-refractivity contribution >= 4 is 39.9 Å². The van der Waals surface area contributed by atoms with E-state index in [0.29, 0.717) is 16.1 Å². The third kappa shape index (κ3) is 4.45. The number of rotatable bonds is 7. The molecule has 0 unspecified atom stereocenters. The van der Waals surface area contributed by atoms with Crippen molar-refractivity contribution in [1.29, 1.82) is 0 Å². The Kier molecular flexibility index (Phi) is 6.28. The number of fused-ring (bicyclic) bond motifs is 1. The maximum atomic E-state index is 12.9. The number of hydrogen-bond donors (Lipinski definition) is 1. The molecule has 0 saturated carbocycles. The molecular weight excluding hydrogens is 392 g/mol. The van der Waals surface area contributed by atoms with Gasteiger partial charge < -0.3 is 5.32 Å². The predicted molar refractivity (Wildman–Crippen MR) is 113 cm³/mol.